The van der Waals surface area contributed by atoms with Crippen molar-refractivity contribution in [3.63, 3.8) is 0 Å². The third-order valence-electron chi connectivity index (χ3n) is 3.52. The van der Waals surface area contributed by atoms with Crippen LogP contribution < -0.4 is 0 Å². The molecule has 0 saturated heterocycles. The molecule has 17 heavy (non-hydrogen) atoms. The molecule has 0 bridgehead atoms. The van der Waals surface area contributed by atoms with Gasteiger partial charge in [-0.05, 0) is 19.3 Å². The van der Waals surface area contributed by atoms with Gasteiger partial charge in [-0.15, -0.1) is 0 Å². The zero-order chi connectivity index (χ0) is 12.9. The van der Waals surface area contributed by atoms with Gasteiger partial charge in [0.25, 0.3) is 0 Å². The van der Waals surface area contributed by atoms with E-state index in [-0.39, 0.29) is 12.3 Å². The van der Waals surface area contributed by atoms with Gasteiger partial charge in [-0.3, -0.25) is 9.59 Å². The standard InChI is InChI=1S/C12H21NO4/c1-13(7-4-8-17-2)10(14)9-12(11(15)16)5-3-6-12/h3-9H2,1-2H3,(H,15,16). The number of hydrogen-bond acceptors (Lipinski definition) is 3. The summed E-state index contributed by atoms with van der Waals surface area (Å²) in [6, 6.07) is 0. The number of carbonyl (C=O) groups excluding carboxylic acids is 1. The Hall–Kier alpha value is -1.10. The number of nitrogens with zero attached hydrogens (tertiary/aromatic N) is 1. The van der Waals surface area contributed by atoms with Crippen molar-refractivity contribution in [3.8, 4) is 0 Å². The van der Waals surface area contributed by atoms with Gasteiger partial charge < -0.3 is 14.7 Å². The van der Waals surface area contributed by atoms with Crippen molar-refractivity contribution in [1.82, 2.24) is 4.90 Å². The third-order valence-corrected chi connectivity index (χ3v) is 3.52. The molecule has 0 spiro atoms. The van der Waals surface area contributed by atoms with Crippen LogP contribution in [0, 0.1) is 5.41 Å². The summed E-state index contributed by atoms with van der Waals surface area (Å²) in [6.07, 6.45) is 3.07. The van der Waals surface area contributed by atoms with Crippen molar-refractivity contribution in [1.29, 1.82) is 0 Å². The molecule has 1 N–H and O–H groups in total. The van der Waals surface area contributed by atoms with Crippen LogP contribution in [-0.2, 0) is 14.3 Å². The molecule has 0 atom stereocenters. The Morgan fingerprint density at radius 1 is 1.41 bits per heavy atom. The molecule has 0 aromatic heterocycles. The first-order valence-corrected chi connectivity index (χ1v) is 5.98. The molecule has 5 heteroatoms. The molecule has 0 heterocycles. The van der Waals surface area contributed by atoms with Gasteiger partial charge in [-0.1, -0.05) is 6.42 Å². The van der Waals surface area contributed by atoms with Gasteiger partial charge >= 0.3 is 5.97 Å². The molecular weight excluding hydrogens is 222 g/mol. The number of carboxylic acid groups (broad SMARTS) is 1. The summed E-state index contributed by atoms with van der Waals surface area (Å²) in [5, 5.41) is 9.14. The van der Waals surface area contributed by atoms with Crippen LogP contribution in [-0.4, -0.2) is 49.2 Å². The second-order valence-corrected chi connectivity index (χ2v) is 4.78. The minimum Gasteiger partial charge on any atom is -0.481 e. The van der Waals surface area contributed by atoms with Crippen LogP contribution in [0.4, 0.5) is 0 Å². The quantitative estimate of drug-likeness (QED) is 0.681. The molecule has 0 unspecified atom stereocenters. The maximum absolute atomic E-state index is 11.9. The number of methoxy groups -OCH3 is 1. The van der Waals surface area contributed by atoms with E-state index in [0.717, 1.165) is 12.8 Å². The number of hydrogen-bond donors (Lipinski definition) is 1. The van der Waals surface area contributed by atoms with Crippen LogP contribution in [0.5, 0.6) is 0 Å². The molecule has 1 fully saturated rings. The smallest absolute Gasteiger partial charge is 0.310 e. The average Bonchev–Trinajstić information content (AvgIpc) is 2.22. The number of carbonyl (C=O) groups is 2. The highest BCUT2D eigenvalue weighted by atomic mass is 16.5. The molecule has 1 aliphatic rings. The normalized spacial score (nSPS) is 17.3. The lowest BCUT2D eigenvalue weighted by atomic mass is 9.66. The van der Waals surface area contributed by atoms with E-state index in [0.29, 0.717) is 26.0 Å². The van der Waals surface area contributed by atoms with E-state index in [1.165, 1.54) is 0 Å². The van der Waals surface area contributed by atoms with E-state index >= 15 is 0 Å². The fourth-order valence-corrected chi connectivity index (χ4v) is 2.07. The van der Waals surface area contributed by atoms with Crippen LogP contribution >= 0.6 is 0 Å². The summed E-state index contributed by atoms with van der Waals surface area (Å²) in [5.41, 5.74) is -0.785. The summed E-state index contributed by atoms with van der Waals surface area (Å²) >= 11 is 0. The monoisotopic (exact) mass is 243 g/mol. The highest BCUT2D eigenvalue weighted by Gasteiger charge is 2.46. The summed E-state index contributed by atoms with van der Waals surface area (Å²) < 4.78 is 4.91. The number of amides is 1. The maximum atomic E-state index is 11.9. The molecule has 5 nitrogen and oxygen atoms in total. The molecule has 0 aliphatic heterocycles. The lowest BCUT2D eigenvalue weighted by molar-refractivity contribution is -0.159. The van der Waals surface area contributed by atoms with Gasteiger partial charge in [0.15, 0.2) is 0 Å². The van der Waals surface area contributed by atoms with Gasteiger partial charge in [0.1, 0.15) is 0 Å². The number of carboxylic acids is 1. The summed E-state index contributed by atoms with van der Waals surface area (Å²) in [6.45, 7) is 1.23. The largest absolute Gasteiger partial charge is 0.481 e. The minimum absolute atomic E-state index is 0.0804. The summed E-state index contributed by atoms with van der Waals surface area (Å²) in [4.78, 5) is 24.6. The van der Waals surface area contributed by atoms with Crippen molar-refractivity contribution in [2.45, 2.75) is 32.1 Å². The van der Waals surface area contributed by atoms with Gasteiger partial charge in [-0.2, -0.15) is 0 Å². The average molecular weight is 243 g/mol. The van der Waals surface area contributed by atoms with Crippen LogP contribution in [0.15, 0.2) is 0 Å². The van der Waals surface area contributed by atoms with Crippen molar-refractivity contribution >= 4 is 11.9 Å². The predicted octanol–water partition coefficient (Wildman–Crippen LogP) is 1.13. The highest BCUT2D eigenvalue weighted by molar-refractivity contribution is 5.85. The topological polar surface area (TPSA) is 66.8 Å². The van der Waals surface area contributed by atoms with Crippen molar-refractivity contribution in [2.75, 3.05) is 27.3 Å². The molecule has 98 valence electrons. The van der Waals surface area contributed by atoms with Crippen molar-refractivity contribution < 1.29 is 19.4 Å². The van der Waals surface area contributed by atoms with Crippen LogP contribution in [0.25, 0.3) is 0 Å². The van der Waals surface area contributed by atoms with Gasteiger partial charge in [0.2, 0.25) is 5.91 Å². The van der Waals surface area contributed by atoms with E-state index in [2.05, 4.69) is 0 Å². The Kier molecular flexibility index (Phi) is 4.93. The summed E-state index contributed by atoms with van der Waals surface area (Å²) in [5.74, 6) is -0.911. The van der Waals surface area contributed by atoms with E-state index in [4.69, 9.17) is 9.84 Å². The molecule has 1 aliphatic carbocycles. The lowest BCUT2D eigenvalue weighted by Crippen LogP contribution is -2.43. The molecule has 0 radical (unpaired) electrons. The minimum atomic E-state index is -0.831. The van der Waals surface area contributed by atoms with Crippen molar-refractivity contribution in [3.05, 3.63) is 0 Å². The van der Waals surface area contributed by atoms with Crippen LogP contribution in [0.2, 0.25) is 0 Å². The molecule has 1 amide bonds. The summed E-state index contributed by atoms with van der Waals surface area (Å²) in [7, 11) is 3.34. The number of ether oxygens (including phenoxy) is 1. The predicted molar refractivity (Wildman–Crippen MR) is 62.7 cm³/mol. The van der Waals surface area contributed by atoms with Gasteiger partial charge in [-0.25, -0.2) is 0 Å². The molecular formula is C12H21NO4. The molecule has 1 saturated carbocycles. The van der Waals surface area contributed by atoms with Crippen LogP contribution in [0.1, 0.15) is 32.1 Å². The zero-order valence-electron chi connectivity index (χ0n) is 10.6. The van der Waals surface area contributed by atoms with E-state index < -0.39 is 11.4 Å². The van der Waals surface area contributed by atoms with E-state index in [1.54, 1.807) is 19.1 Å². The fraction of sp³-hybridized carbons (Fsp3) is 0.833. The third kappa shape index (κ3) is 3.43. The number of rotatable bonds is 7. The second kappa shape index (κ2) is 6.00. The Morgan fingerprint density at radius 2 is 2.06 bits per heavy atom. The number of aliphatic carboxylic acids is 1. The second-order valence-electron chi connectivity index (χ2n) is 4.78. The lowest BCUT2D eigenvalue weighted by Gasteiger charge is -2.38. The Balaban J connectivity index is 2.39. The van der Waals surface area contributed by atoms with E-state index in [1.807, 2.05) is 0 Å². The molecule has 0 aromatic rings. The Bertz CT molecular complexity index is 286. The SMILES string of the molecule is COCCCN(C)C(=O)CC1(C(=O)O)CCC1. The Morgan fingerprint density at radius 3 is 2.47 bits per heavy atom. The first-order valence-electron chi connectivity index (χ1n) is 5.98. The first kappa shape index (κ1) is 14.0. The van der Waals surface area contributed by atoms with E-state index in [9.17, 15) is 9.59 Å². The Labute approximate surface area is 102 Å². The molecule has 1 rings (SSSR count). The highest BCUT2D eigenvalue weighted by Crippen LogP contribution is 2.44. The van der Waals surface area contributed by atoms with Crippen LogP contribution in [0.3, 0.4) is 0 Å². The van der Waals surface area contributed by atoms with Gasteiger partial charge in [0, 0.05) is 33.7 Å². The first-order chi connectivity index (χ1) is 8.02. The van der Waals surface area contributed by atoms with Crippen molar-refractivity contribution in [2.24, 2.45) is 5.41 Å². The molecule has 0 aromatic carbocycles. The van der Waals surface area contributed by atoms with Gasteiger partial charge in [0.05, 0.1) is 5.41 Å². The maximum Gasteiger partial charge on any atom is 0.310 e. The zero-order valence-corrected chi connectivity index (χ0v) is 10.6. The fourth-order valence-electron chi connectivity index (χ4n) is 2.07.